The van der Waals surface area contributed by atoms with Crippen molar-refractivity contribution in [3.8, 4) is 11.8 Å². The van der Waals surface area contributed by atoms with Gasteiger partial charge in [0.05, 0.1) is 0 Å². The van der Waals surface area contributed by atoms with Crippen molar-refractivity contribution in [1.82, 2.24) is 4.98 Å². The van der Waals surface area contributed by atoms with Gasteiger partial charge < -0.3 is 9.73 Å². The average molecular weight is 352 g/mol. The highest BCUT2D eigenvalue weighted by molar-refractivity contribution is 6.06. The molecular formula is C23H16N2O2. The highest BCUT2D eigenvalue weighted by Crippen LogP contribution is 2.25. The van der Waals surface area contributed by atoms with Crippen LogP contribution in [0.15, 0.2) is 77.3 Å². The van der Waals surface area contributed by atoms with E-state index >= 15 is 0 Å². The van der Waals surface area contributed by atoms with Crippen LogP contribution in [0, 0.1) is 18.8 Å². The molecule has 1 N–H and O–H groups in total. The summed E-state index contributed by atoms with van der Waals surface area (Å²) < 4.78 is 5.72. The van der Waals surface area contributed by atoms with Crippen molar-refractivity contribution < 1.29 is 9.21 Å². The maximum absolute atomic E-state index is 12.6. The number of benzene rings is 2. The van der Waals surface area contributed by atoms with E-state index in [1.807, 2.05) is 73.7 Å². The number of pyridine rings is 1. The number of aromatic nitrogens is 1. The van der Waals surface area contributed by atoms with Gasteiger partial charge in [-0.05, 0) is 49.2 Å². The zero-order chi connectivity index (χ0) is 18.6. The molecule has 0 unspecified atom stereocenters. The number of amides is 1. The Morgan fingerprint density at radius 1 is 1.00 bits per heavy atom. The predicted molar refractivity (Wildman–Crippen MR) is 106 cm³/mol. The van der Waals surface area contributed by atoms with Crippen LogP contribution >= 0.6 is 0 Å². The van der Waals surface area contributed by atoms with E-state index in [4.69, 9.17) is 4.42 Å². The Balaban J connectivity index is 1.57. The first-order valence-corrected chi connectivity index (χ1v) is 8.53. The van der Waals surface area contributed by atoms with E-state index in [2.05, 4.69) is 22.1 Å². The molecule has 0 fully saturated rings. The Hall–Kier alpha value is -3.84. The summed E-state index contributed by atoms with van der Waals surface area (Å²) >= 11 is 0. The number of nitrogens with zero attached hydrogens (tertiary/aromatic N) is 1. The topological polar surface area (TPSA) is 55.1 Å². The quantitative estimate of drug-likeness (QED) is 0.528. The minimum atomic E-state index is -0.279. The normalized spacial score (nSPS) is 10.3. The summed E-state index contributed by atoms with van der Waals surface area (Å²) in [4.78, 5) is 16.8. The largest absolute Gasteiger partial charge is 0.451 e. The molecule has 0 atom stereocenters. The van der Waals surface area contributed by atoms with Crippen molar-refractivity contribution in [2.45, 2.75) is 6.92 Å². The van der Waals surface area contributed by atoms with E-state index in [-0.39, 0.29) is 5.91 Å². The monoisotopic (exact) mass is 352 g/mol. The van der Waals surface area contributed by atoms with Crippen LogP contribution in [-0.2, 0) is 0 Å². The summed E-state index contributed by atoms with van der Waals surface area (Å²) in [5.74, 6) is 6.11. The van der Waals surface area contributed by atoms with Gasteiger partial charge in [-0.15, -0.1) is 0 Å². The lowest BCUT2D eigenvalue weighted by atomic mass is 10.1. The lowest BCUT2D eigenvalue weighted by Gasteiger charge is -2.04. The second-order valence-electron chi connectivity index (χ2n) is 6.05. The van der Waals surface area contributed by atoms with Crippen LogP contribution in [0.4, 0.5) is 5.69 Å². The van der Waals surface area contributed by atoms with Gasteiger partial charge in [-0.2, -0.15) is 0 Å². The number of para-hydroxylation sites is 1. The predicted octanol–water partition coefficient (Wildman–Crippen LogP) is 4.79. The molecule has 2 heterocycles. The molecular weight excluding hydrogens is 336 g/mol. The zero-order valence-electron chi connectivity index (χ0n) is 14.7. The van der Waals surface area contributed by atoms with Crippen LogP contribution in [0.5, 0.6) is 0 Å². The molecule has 0 radical (unpaired) electrons. The molecule has 0 saturated heterocycles. The van der Waals surface area contributed by atoms with E-state index in [1.165, 1.54) is 0 Å². The number of furan rings is 1. The van der Waals surface area contributed by atoms with Crippen molar-refractivity contribution in [2.24, 2.45) is 0 Å². The Kier molecular flexibility index (Phi) is 4.42. The molecule has 0 spiro atoms. The molecule has 0 aliphatic heterocycles. The van der Waals surface area contributed by atoms with E-state index in [0.717, 1.165) is 16.5 Å². The van der Waals surface area contributed by atoms with Crippen LogP contribution in [-0.4, -0.2) is 10.9 Å². The summed E-state index contributed by atoms with van der Waals surface area (Å²) in [5.41, 5.74) is 3.68. The standard InChI is InChI=1S/C23H16N2O2/c1-16-20-10-2-3-11-21(20)27-22(16)23(26)25-19-9-6-7-17(15-19)12-13-18-8-4-5-14-24-18/h2-11,14-15H,1H3,(H,25,26). The van der Waals surface area contributed by atoms with Gasteiger partial charge in [0.1, 0.15) is 11.3 Å². The fraction of sp³-hybridized carbons (Fsp3) is 0.0435. The molecule has 0 bridgehead atoms. The smallest absolute Gasteiger partial charge is 0.291 e. The Bertz CT molecular complexity index is 1180. The number of hydrogen-bond acceptors (Lipinski definition) is 3. The van der Waals surface area contributed by atoms with Crippen LogP contribution < -0.4 is 5.32 Å². The van der Waals surface area contributed by atoms with Crippen molar-refractivity contribution >= 4 is 22.6 Å². The Morgan fingerprint density at radius 2 is 1.85 bits per heavy atom. The van der Waals surface area contributed by atoms with E-state index in [9.17, 15) is 4.79 Å². The van der Waals surface area contributed by atoms with Gasteiger partial charge in [-0.3, -0.25) is 4.79 Å². The van der Waals surface area contributed by atoms with Gasteiger partial charge in [-0.25, -0.2) is 4.98 Å². The van der Waals surface area contributed by atoms with Gasteiger partial charge in [-0.1, -0.05) is 36.3 Å². The maximum Gasteiger partial charge on any atom is 0.291 e. The third-order valence-electron chi connectivity index (χ3n) is 4.17. The summed E-state index contributed by atoms with van der Waals surface area (Å²) in [6, 6.07) is 20.6. The molecule has 4 rings (SSSR count). The molecule has 4 aromatic rings. The summed E-state index contributed by atoms with van der Waals surface area (Å²) in [6.45, 7) is 1.88. The SMILES string of the molecule is Cc1c(C(=O)Nc2cccc(C#Cc3ccccn3)c2)oc2ccccc12. The lowest BCUT2D eigenvalue weighted by molar-refractivity contribution is 0.0998. The van der Waals surface area contributed by atoms with Gasteiger partial charge in [0.2, 0.25) is 0 Å². The number of nitrogens with one attached hydrogen (secondary N) is 1. The number of hydrogen-bond donors (Lipinski definition) is 1. The molecule has 0 aliphatic carbocycles. The number of aryl methyl sites for hydroxylation is 1. The van der Waals surface area contributed by atoms with Crippen LogP contribution in [0.25, 0.3) is 11.0 Å². The van der Waals surface area contributed by atoms with Gasteiger partial charge >= 0.3 is 0 Å². The van der Waals surface area contributed by atoms with Crippen LogP contribution in [0.1, 0.15) is 27.4 Å². The molecule has 0 saturated carbocycles. The van der Waals surface area contributed by atoms with Crippen molar-refractivity contribution in [2.75, 3.05) is 5.32 Å². The second kappa shape index (κ2) is 7.19. The first kappa shape index (κ1) is 16.6. The molecule has 1 amide bonds. The molecule has 4 heteroatoms. The number of carbonyl (C=O) groups is 1. The summed E-state index contributed by atoms with van der Waals surface area (Å²) in [6.07, 6.45) is 1.70. The minimum Gasteiger partial charge on any atom is -0.451 e. The molecule has 4 nitrogen and oxygen atoms in total. The highest BCUT2D eigenvalue weighted by atomic mass is 16.3. The fourth-order valence-electron chi connectivity index (χ4n) is 2.83. The fourth-order valence-corrected chi connectivity index (χ4v) is 2.83. The molecule has 2 aromatic heterocycles. The van der Waals surface area contributed by atoms with E-state index in [0.29, 0.717) is 22.7 Å². The van der Waals surface area contributed by atoms with Crippen LogP contribution in [0.3, 0.4) is 0 Å². The Labute approximate surface area is 156 Å². The minimum absolute atomic E-state index is 0.279. The maximum atomic E-state index is 12.6. The van der Waals surface area contributed by atoms with Gasteiger partial charge in [0, 0.05) is 28.4 Å². The highest BCUT2D eigenvalue weighted by Gasteiger charge is 2.17. The molecule has 130 valence electrons. The molecule has 27 heavy (non-hydrogen) atoms. The first-order valence-electron chi connectivity index (χ1n) is 8.53. The summed E-state index contributed by atoms with van der Waals surface area (Å²) in [5, 5.41) is 3.82. The first-order chi connectivity index (χ1) is 13.2. The van der Waals surface area contributed by atoms with E-state index in [1.54, 1.807) is 6.20 Å². The lowest BCUT2D eigenvalue weighted by Crippen LogP contribution is -2.12. The molecule has 0 aliphatic rings. The third kappa shape index (κ3) is 3.58. The second-order valence-corrected chi connectivity index (χ2v) is 6.05. The average Bonchev–Trinajstić information content (AvgIpc) is 3.05. The van der Waals surface area contributed by atoms with Crippen molar-refractivity contribution in [1.29, 1.82) is 0 Å². The van der Waals surface area contributed by atoms with Gasteiger partial charge in [0.25, 0.3) is 5.91 Å². The summed E-state index contributed by atoms with van der Waals surface area (Å²) in [7, 11) is 0. The molecule has 2 aromatic carbocycles. The van der Waals surface area contributed by atoms with Crippen molar-refractivity contribution in [3.63, 3.8) is 0 Å². The number of fused-ring (bicyclic) bond motifs is 1. The third-order valence-corrected chi connectivity index (χ3v) is 4.17. The van der Waals surface area contributed by atoms with Crippen molar-refractivity contribution in [3.05, 3.63) is 95.5 Å². The Morgan fingerprint density at radius 3 is 2.67 bits per heavy atom. The zero-order valence-corrected chi connectivity index (χ0v) is 14.7. The van der Waals surface area contributed by atoms with Crippen LogP contribution in [0.2, 0.25) is 0 Å². The van der Waals surface area contributed by atoms with Gasteiger partial charge in [0.15, 0.2) is 5.76 Å². The van der Waals surface area contributed by atoms with E-state index < -0.39 is 0 Å². The number of carbonyl (C=O) groups excluding carboxylic acids is 1. The number of rotatable bonds is 2. The number of anilines is 1.